The number of anilines is 1. The average Bonchev–Trinajstić information content (AvgIpc) is 3.02. The van der Waals surface area contributed by atoms with Crippen molar-refractivity contribution in [3.05, 3.63) is 60.2 Å². The summed E-state index contributed by atoms with van der Waals surface area (Å²) in [5, 5.41) is 1.26. The van der Waals surface area contributed by atoms with Gasteiger partial charge in [-0.2, -0.15) is 11.8 Å². The van der Waals surface area contributed by atoms with Gasteiger partial charge in [0.05, 0.1) is 12.5 Å². The van der Waals surface area contributed by atoms with Crippen LogP contribution in [0.25, 0.3) is 0 Å². The molecule has 0 unspecified atom stereocenters. The number of benzene rings is 2. The van der Waals surface area contributed by atoms with Crippen molar-refractivity contribution >= 4 is 29.2 Å². The van der Waals surface area contributed by atoms with Gasteiger partial charge >= 0.3 is 0 Å². The summed E-state index contributed by atoms with van der Waals surface area (Å²) in [7, 11) is 1.72. The number of hydrogen-bond acceptors (Lipinski definition) is 4. The number of hydrogen-bond donors (Lipinski definition) is 0. The maximum absolute atomic E-state index is 5.30. The van der Waals surface area contributed by atoms with Gasteiger partial charge in [0.25, 0.3) is 0 Å². The summed E-state index contributed by atoms with van der Waals surface area (Å²) in [6.45, 7) is 1.10. The van der Waals surface area contributed by atoms with Crippen molar-refractivity contribution in [1.29, 1.82) is 0 Å². The quantitative estimate of drug-likeness (QED) is 0.814. The molecule has 0 amide bonds. The van der Waals surface area contributed by atoms with Crippen LogP contribution in [0.3, 0.4) is 0 Å². The van der Waals surface area contributed by atoms with Gasteiger partial charge in [-0.05, 0) is 29.8 Å². The first kappa shape index (κ1) is 15.3. The summed E-state index contributed by atoms with van der Waals surface area (Å²) in [5.41, 5.74) is 2.79. The van der Waals surface area contributed by atoms with E-state index in [0.29, 0.717) is 16.5 Å². The van der Waals surface area contributed by atoms with E-state index in [1.165, 1.54) is 22.8 Å². The molecule has 2 aliphatic heterocycles. The molecule has 0 spiro atoms. The van der Waals surface area contributed by atoms with Crippen molar-refractivity contribution in [1.82, 2.24) is 0 Å². The Morgan fingerprint density at radius 1 is 0.957 bits per heavy atom. The first-order valence-electron chi connectivity index (χ1n) is 8.05. The summed E-state index contributed by atoms with van der Waals surface area (Å²) >= 11 is 4.27. The SMILES string of the molecule is COc1ccc(N2C[C@@H](c3ccccc3)[C@H]3SCCS[C@H]32)cc1. The van der Waals surface area contributed by atoms with Crippen LogP contribution in [0, 0.1) is 0 Å². The summed E-state index contributed by atoms with van der Waals surface area (Å²) in [6, 6.07) is 19.6. The van der Waals surface area contributed by atoms with E-state index in [-0.39, 0.29) is 0 Å². The summed E-state index contributed by atoms with van der Waals surface area (Å²) in [5.74, 6) is 4.06. The van der Waals surface area contributed by atoms with Crippen LogP contribution >= 0.6 is 23.5 Å². The van der Waals surface area contributed by atoms with Gasteiger partial charge in [-0.3, -0.25) is 0 Å². The largest absolute Gasteiger partial charge is 0.497 e. The molecule has 3 atom stereocenters. The number of nitrogens with zero attached hydrogens (tertiary/aromatic N) is 1. The molecule has 23 heavy (non-hydrogen) atoms. The van der Waals surface area contributed by atoms with Gasteiger partial charge in [0.15, 0.2) is 0 Å². The highest BCUT2D eigenvalue weighted by atomic mass is 32.2. The van der Waals surface area contributed by atoms with Gasteiger partial charge in [0.1, 0.15) is 5.75 Å². The molecule has 120 valence electrons. The number of methoxy groups -OCH3 is 1. The Bertz CT molecular complexity index is 646. The fourth-order valence-electron chi connectivity index (χ4n) is 3.55. The number of thioether (sulfide) groups is 2. The Morgan fingerprint density at radius 3 is 2.43 bits per heavy atom. The van der Waals surface area contributed by atoms with Crippen LogP contribution in [-0.2, 0) is 0 Å². The molecular formula is C19H21NOS2. The number of ether oxygens (including phenoxy) is 1. The van der Waals surface area contributed by atoms with Crippen LogP contribution < -0.4 is 9.64 Å². The molecule has 2 nitrogen and oxygen atoms in total. The standard InChI is InChI=1S/C19H21NOS2/c1-21-16-9-7-15(8-10-16)20-13-17(14-5-3-2-4-6-14)18-19(20)23-12-11-22-18/h2-10,17-19H,11-13H2,1H3/t17-,18+,19+/m0/s1. The van der Waals surface area contributed by atoms with Crippen LogP contribution in [0.15, 0.2) is 54.6 Å². The van der Waals surface area contributed by atoms with E-state index < -0.39 is 0 Å². The Hall–Kier alpha value is -1.26. The molecule has 4 rings (SSSR count). The van der Waals surface area contributed by atoms with Gasteiger partial charge in [-0.25, -0.2) is 0 Å². The van der Waals surface area contributed by atoms with E-state index in [1.54, 1.807) is 7.11 Å². The Morgan fingerprint density at radius 2 is 1.70 bits per heavy atom. The van der Waals surface area contributed by atoms with E-state index in [1.807, 2.05) is 0 Å². The zero-order valence-electron chi connectivity index (χ0n) is 13.2. The molecule has 2 fully saturated rings. The molecule has 0 aliphatic carbocycles. The van der Waals surface area contributed by atoms with Gasteiger partial charge in [-0.1, -0.05) is 30.3 Å². The van der Waals surface area contributed by atoms with Gasteiger partial charge in [0, 0.05) is 34.9 Å². The van der Waals surface area contributed by atoms with Crippen LogP contribution in [0.2, 0.25) is 0 Å². The molecule has 2 aliphatic rings. The molecule has 2 aromatic rings. The Balaban J connectivity index is 1.64. The second kappa shape index (κ2) is 6.70. The third-order valence-corrected chi connectivity index (χ3v) is 7.86. The first-order valence-corrected chi connectivity index (χ1v) is 10.2. The number of rotatable bonds is 3. The third kappa shape index (κ3) is 2.94. The van der Waals surface area contributed by atoms with Crippen molar-refractivity contribution in [2.75, 3.05) is 30.1 Å². The van der Waals surface area contributed by atoms with E-state index in [9.17, 15) is 0 Å². The molecule has 0 bridgehead atoms. The summed E-state index contributed by atoms with van der Waals surface area (Å²) in [6.07, 6.45) is 0. The molecular weight excluding hydrogens is 322 g/mol. The first-order chi connectivity index (χ1) is 11.4. The van der Waals surface area contributed by atoms with Crippen LogP contribution in [0.1, 0.15) is 11.5 Å². The minimum atomic E-state index is 0.576. The highest BCUT2D eigenvalue weighted by molar-refractivity contribution is 8.07. The third-order valence-electron chi connectivity index (χ3n) is 4.69. The molecule has 0 N–H and O–H groups in total. The van der Waals surface area contributed by atoms with E-state index in [0.717, 1.165) is 12.3 Å². The monoisotopic (exact) mass is 343 g/mol. The lowest BCUT2D eigenvalue weighted by molar-refractivity contribution is 0.415. The predicted octanol–water partition coefficient (Wildman–Crippen LogP) is 4.47. The average molecular weight is 344 g/mol. The normalized spacial score (nSPS) is 26.8. The zero-order valence-corrected chi connectivity index (χ0v) is 14.9. The number of fused-ring (bicyclic) bond motifs is 1. The van der Waals surface area contributed by atoms with Crippen LogP contribution in [0.5, 0.6) is 5.75 Å². The van der Waals surface area contributed by atoms with Crippen molar-refractivity contribution in [3.8, 4) is 5.75 Å². The maximum Gasteiger partial charge on any atom is 0.119 e. The molecule has 0 aromatic heterocycles. The van der Waals surface area contributed by atoms with E-state index in [2.05, 4.69) is 83.0 Å². The highest BCUT2D eigenvalue weighted by Crippen LogP contribution is 2.48. The lowest BCUT2D eigenvalue weighted by Crippen LogP contribution is -2.34. The zero-order chi connectivity index (χ0) is 15.6. The Labute approximate surface area is 146 Å². The molecule has 0 radical (unpaired) electrons. The van der Waals surface area contributed by atoms with Gasteiger partial charge in [-0.15, -0.1) is 11.8 Å². The van der Waals surface area contributed by atoms with Crippen molar-refractivity contribution in [3.63, 3.8) is 0 Å². The second-order valence-corrected chi connectivity index (χ2v) is 8.47. The fourth-order valence-corrected chi connectivity index (χ4v) is 6.86. The van der Waals surface area contributed by atoms with Crippen molar-refractivity contribution < 1.29 is 4.74 Å². The topological polar surface area (TPSA) is 12.5 Å². The minimum Gasteiger partial charge on any atom is -0.497 e. The van der Waals surface area contributed by atoms with Crippen LogP contribution in [0.4, 0.5) is 5.69 Å². The van der Waals surface area contributed by atoms with Crippen molar-refractivity contribution in [2.45, 2.75) is 16.5 Å². The van der Waals surface area contributed by atoms with Crippen molar-refractivity contribution in [2.24, 2.45) is 0 Å². The lowest BCUT2D eigenvalue weighted by Gasteiger charge is -2.32. The molecule has 2 aromatic carbocycles. The molecule has 2 heterocycles. The highest BCUT2D eigenvalue weighted by Gasteiger charge is 2.44. The summed E-state index contributed by atoms with van der Waals surface area (Å²) < 4.78 is 5.30. The molecule has 0 saturated carbocycles. The van der Waals surface area contributed by atoms with E-state index in [4.69, 9.17) is 4.74 Å². The van der Waals surface area contributed by atoms with E-state index >= 15 is 0 Å². The summed E-state index contributed by atoms with van der Waals surface area (Å²) in [4.78, 5) is 2.60. The smallest absolute Gasteiger partial charge is 0.119 e. The Kier molecular flexibility index (Phi) is 4.45. The van der Waals surface area contributed by atoms with Gasteiger partial charge < -0.3 is 9.64 Å². The predicted molar refractivity (Wildman–Crippen MR) is 102 cm³/mol. The lowest BCUT2D eigenvalue weighted by atomic mass is 9.98. The fraction of sp³-hybridized carbons (Fsp3) is 0.368. The van der Waals surface area contributed by atoms with Crippen LogP contribution in [-0.4, -0.2) is 35.8 Å². The second-order valence-electron chi connectivity index (χ2n) is 5.96. The minimum absolute atomic E-state index is 0.576. The van der Waals surface area contributed by atoms with Gasteiger partial charge in [0.2, 0.25) is 0 Å². The molecule has 4 heteroatoms. The molecule has 2 saturated heterocycles. The maximum atomic E-state index is 5.30.